The van der Waals surface area contributed by atoms with E-state index in [-0.39, 0.29) is 24.0 Å². The number of aromatic nitrogens is 3. The van der Waals surface area contributed by atoms with Crippen LogP contribution in [0.2, 0.25) is 0 Å². The smallest absolute Gasteiger partial charge is 0.233 e. The topological polar surface area (TPSA) is 86.3 Å². The normalized spacial score (nSPS) is 14.5. The number of likely N-dealkylation sites (tertiary alicyclic amines) is 1. The molecule has 0 unspecified atom stereocenters. The van der Waals surface area contributed by atoms with Crippen molar-refractivity contribution < 1.29 is 13.9 Å². The number of carbonyl (C=O) groups excluding carboxylic acids is 1. The van der Waals surface area contributed by atoms with Crippen LogP contribution in [-0.2, 0) is 17.8 Å². The number of thioether (sulfide) groups is 1. The predicted molar refractivity (Wildman–Crippen MR) is 121 cm³/mol. The summed E-state index contributed by atoms with van der Waals surface area (Å²) >= 11 is 1.24. The van der Waals surface area contributed by atoms with Crippen LogP contribution in [-0.4, -0.2) is 44.5 Å². The molecule has 2 aromatic carbocycles. The molecule has 9 heteroatoms. The zero-order chi connectivity index (χ0) is 22.3. The Morgan fingerprint density at radius 1 is 1.09 bits per heavy atom. The third kappa shape index (κ3) is 5.59. The Balaban J connectivity index is 1.23. The first kappa shape index (κ1) is 22.1. The first-order chi connectivity index (χ1) is 15.6. The maximum absolute atomic E-state index is 13.7. The van der Waals surface area contributed by atoms with Gasteiger partial charge in [0.15, 0.2) is 17.4 Å². The van der Waals surface area contributed by atoms with E-state index in [9.17, 15) is 9.18 Å². The third-order valence-corrected chi connectivity index (χ3v) is 6.52. The Bertz CT molecular complexity index is 1040. The lowest BCUT2D eigenvalue weighted by atomic mass is 9.90. The van der Waals surface area contributed by atoms with Gasteiger partial charge in [-0.05, 0) is 42.9 Å². The summed E-state index contributed by atoms with van der Waals surface area (Å²) in [6.45, 7) is 1.52. The number of piperidine rings is 1. The molecule has 3 aromatic rings. The molecule has 2 N–H and O–H groups in total. The number of nitrogen functional groups attached to an aromatic ring is 1. The van der Waals surface area contributed by atoms with E-state index in [0.29, 0.717) is 16.9 Å². The molecule has 1 fully saturated rings. The van der Waals surface area contributed by atoms with Crippen molar-refractivity contribution in [1.29, 1.82) is 0 Å². The van der Waals surface area contributed by atoms with Crippen molar-refractivity contribution in [2.45, 2.75) is 31.0 Å². The SMILES string of the molecule is Nn1c(COc2ccccc2F)nnc1SCC(=O)N1CCC(Cc2ccccc2)CC1. The Morgan fingerprint density at radius 3 is 2.56 bits per heavy atom. The van der Waals surface area contributed by atoms with Crippen molar-refractivity contribution in [3.8, 4) is 5.75 Å². The van der Waals surface area contributed by atoms with Crippen LogP contribution in [0.1, 0.15) is 24.2 Å². The lowest BCUT2D eigenvalue weighted by Gasteiger charge is -2.32. The molecule has 1 saturated heterocycles. The second kappa shape index (κ2) is 10.5. The average Bonchev–Trinajstić information content (AvgIpc) is 3.17. The summed E-state index contributed by atoms with van der Waals surface area (Å²) in [6, 6.07) is 16.6. The Morgan fingerprint density at radius 2 is 1.81 bits per heavy atom. The molecular weight excluding hydrogens is 429 g/mol. The highest BCUT2D eigenvalue weighted by atomic mass is 32.2. The van der Waals surface area contributed by atoms with Gasteiger partial charge in [0, 0.05) is 13.1 Å². The Hall–Kier alpha value is -3.07. The molecule has 0 aliphatic carbocycles. The van der Waals surface area contributed by atoms with E-state index in [0.717, 1.165) is 32.4 Å². The molecule has 0 bridgehead atoms. The summed E-state index contributed by atoms with van der Waals surface area (Å²) in [5.41, 5.74) is 1.35. The van der Waals surface area contributed by atoms with Gasteiger partial charge in [0.2, 0.25) is 11.1 Å². The molecule has 4 rings (SSSR count). The number of halogens is 1. The van der Waals surface area contributed by atoms with Gasteiger partial charge in [0.25, 0.3) is 0 Å². The number of para-hydroxylation sites is 1. The van der Waals surface area contributed by atoms with Gasteiger partial charge in [-0.25, -0.2) is 9.07 Å². The fourth-order valence-corrected chi connectivity index (χ4v) is 4.54. The van der Waals surface area contributed by atoms with E-state index >= 15 is 0 Å². The number of ether oxygens (including phenoxy) is 1. The number of nitrogens with two attached hydrogens (primary N) is 1. The van der Waals surface area contributed by atoms with Crippen LogP contribution in [0.5, 0.6) is 5.75 Å². The van der Waals surface area contributed by atoms with E-state index in [4.69, 9.17) is 10.6 Å². The summed E-state index contributed by atoms with van der Waals surface area (Å²) in [5, 5.41) is 8.45. The van der Waals surface area contributed by atoms with E-state index in [1.54, 1.807) is 12.1 Å². The lowest BCUT2D eigenvalue weighted by Crippen LogP contribution is -2.39. The van der Waals surface area contributed by atoms with Gasteiger partial charge >= 0.3 is 0 Å². The summed E-state index contributed by atoms with van der Waals surface area (Å²) in [4.78, 5) is 14.6. The molecule has 2 heterocycles. The van der Waals surface area contributed by atoms with E-state index in [2.05, 4.69) is 34.5 Å². The van der Waals surface area contributed by atoms with Crippen LogP contribution in [0.3, 0.4) is 0 Å². The maximum Gasteiger partial charge on any atom is 0.233 e. The molecule has 168 valence electrons. The molecule has 7 nitrogen and oxygen atoms in total. The van der Waals surface area contributed by atoms with Crippen LogP contribution < -0.4 is 10.6 Å². The maximum atomic E-state index is 13.7. The van der Waals surface area contributed by atoms with Crippen LogP contribution >= 0.6 is 11.8 Å². The minimum Gasteiger partial charge on any atom is -0.482 e. The fraction of sp³-hybridized carbons (Fsp3) is 0.348. The first-order valence-electron chi connectivity index (χ1n) is 10.6. The first-order valence-corrected chi connectivity index (χ1v) is 11.6. The highest BCUT2D eigenvalue weighted by Crippen LogP contribution is 2.23. The lowest BCUT2D eigenvalue weighted by molar-refractivity contribution is -0.129. The second-order valence-corrected chi connectivity index (χ2v) is 8.73. The average molecular weight is 456 g/mol. The number of benzene rings is 2. The zero-order valence-electron chi connectivity index (χ0n) is 17.7. The van der Waals surface area contributed by atoms with Crippen LogP contribution in [0.4, 0.5) is 4.39 Å². The highest BCUT2D eigenvalue weighted by Gasteiger charge is 2.23. The molecule has 1 aliphatic heterocycles. The van der Waals surface area contributed by atoms with Gasteiger partial charge in [0.05, 0.1) is 5.75 Å². The molecule has 0 saturated carbocycles. The molecule has 0 atom stereocenters. The van der Waals surface area contributed by atoms with Crippen molar-refractivity contribution in [2.75, 3.05) is 24.7 Å². The van der Waals surface area contributed by atoms with Gasteiger partial charge in [-0.15, -0.1) is 10.2 Å². The van der Waals surface area contributed by atoms with Crippen molar-refractivity contribution in [3.63, 3.8) is 0 Å². The van der Waals surface area contributed by atoms with Crippen LogP contribution in [0.15, 0.2) is 59.8 Å². The molecule has 1 aromatic heterocycles. The van der Waals surface area contributed by atoms with E-state index < -0.39 is 5.82 Å². The van der Waals surface area contributed by atoms with Gasteiger partial charge in [0.1, 0.15) is 6.61 Å². The van der Waals surface area contributed by atoms with E-state index in [1.807, 2.05) is 11.0 Å². The fourth-order valence-electron chi connectivity index (χ4n) is 3.76. The number of hydrogen-bond donors (Lipinski definition) is 1. The largest absolute Gasteiger partial charge is 0.482 e. The molecule has 0 spiro atoms. The minimum absolute atomic E-state index is 0.0200. The van der Waals surface area contributed by atoms with Gasteiger partial charge < -0.3 is 15.5 Å². The van der Waals surface area contributed by atoms with E-state index in [1.165, 1.54) is 34.1 Å². The van der Waals surface area contributed by atoms with Crippen LogP contribution in [0.25, 0.3) is 0 Å². The molecule has 1 aliphatic rings. The van der Waals surface area contributed by atoms with Gasteiger partial charge in [-0.3, -0.25) is 4.79 Å². The van der Waals surface area contributed by atoms with Crippen LogP contribution in [0, 0.1) is 11.7 Å². The Labute approximate surface area is 190 Å². The number of amides is 1. The molecular formula is C23H26FN5O2S. The molecule has 0 radical (unpaired) electrons. The Kier molecular flexibility index (Phi) is 7.26. The van der Waals surface area contributed by atoms with Gasteiger partial charge in [-0.1, -0.05) is 54.2 Å². The third-order valence-electron chi connectivity index (χ3n) is 5.59. The van der Waals surface area contributed by atoms with Crippen molar-refractivity contribution in [2.24, 2.45) is 5.92 Å². The number of carbonyl (C=O) groups is 1. The highest BCUT2D eigenvalue weighted by molar-refractivity contribution is 7.99. The summed E-state index contributed by atoms with van der Waals surface area (Å²) in [7, 11) is 0. The summed E-state index contributed by atoms with van der Waals surface area (Å²) < 4.78 is 20.4. The predicted octanol–water partition coefficient (Wildman–Crippen LogP) is 3.28. The second-order valence-electron chi connectivity index (χ2n) is 7.79. The monoisotopic (exact) mass is 455 g/mol. The summed E-state index contributed by atoms with van der Waals surface area (Å²) in [5.74, 6) is 6.97. The summed E-state index contributed by atoms with van der Waals surface area (Å²) in [6.07, 6.45) is 3.08. The minimum atomic E-state index is -0.455. The quantitative estimate of drug-likeness (QED) is 0.414. The van der Waals surface area contributed by atoms with Crippen molar-refractivity contribution in [3.05, 3.63) is 71.8 Å². The van der Waals surface area contributed by atoms with Gasteiger partial charge in [-0.2, -0.15) is 0 Å². The van der Waals surface area contributed by atoms with Crippen molar-refractivity contribution >= 4 is 17.7 Å². The number of nitrogens with zero attached hydrogens (tertiary/aromatic N) is 4. The van der Waals surface area contributed by atoms with Crippen molar-refractivity contribution in [1.82, 2.24) is 19.8 Å². The number of rotatable bonds is 8. The number of hydrogen-bond acceptors (Lipinski definition) is 6. The molecule has 32 heavy (non-hydrogen) atoms. The zero-order valence-corrected chi connectivity index (χ0v) is 18.5. The standard InChI is InChI=1S/C23H26FN5O2S/c24-19-8-4-5-9-20(19)31-15-21-26-27-23(29(21)25)32-16-22(30)28-12-10-18(11-13-28)14-17-6-2-1-3-7-17/h1-9,18H,10-16,25H2. The molecule has 1 amide bonds.